The molecule has 200 valence electrons. The Balaban J connectivity index is 1.61. The first-order valence-corrected chi connectivity index (χ1v) is 14.3. The van der Waals surface area contributed by atoms with Gasteiger partial charge >= 0.3 is 0 Å². The molecule has 6 rings (SSSR count). The first-order chi connectivity index (χ1) is 18.4. The molecule has 4 heterocycles. The van der Waals surface area contributed by atoms with Gasteiger partial charge in [-0.1, -0.05) is 31.4 Å². The summed E-state index contributed by atoms with van der Waals surface area (Å²) < 4.78 is 8.58. The molecule has 8 nitrogen and oxygen atoms in total. The molecule has 0 unspecified atom stereocenters. The molecule has 1 aliphatic heterocycles. The third-order valence-electron chi connectivity index (χ3n) is 8.69. The van der Waals surface area contributed by atoms with Crippen molar-refractivity contribution in [1.82, 2.24) is 19.5 Å². The van der Waals surface area contributed by atoms with Crippen LogP contribution >= 0.6 is 11.6 Å². The van der Waals surface area contributed by atoms with E-state index in [1.54, 1.807) is 12.4 Å². The molecule has 0 bridgehead atoms. The number of hydrogen-bond acceptors (Lipinski definition) is 7. The predicted octanol–water partition coefficient (Wildman–Crippen LogP) is 5.67. The van der Waals surface area contributed by atoms with Crippen LogP contribution in [0.2, 0.25) is 5.02 Å². The van der Waals surface area contributed by atoms with Gasteiger partial charge in [-0.15, -0.1) is 0 Å². The summed E-state index contributed by atoms with van der Waals surface area (Å²) in [6.07, 6.45) is 12.0. The van der Waals surface area contributed by atoms with Crippen LogP contribution in [0.1, 0.15) is 57.6 Å². The van der Waals surface area contributed by atoms with E-state index in [1.165, 1.54) is 32.1 Å². The van der Waals surface area contributed by atoms with Gasteiger partial charge in [0.1, 0.15) is 17.3 Å². The van der Waals surface area contributed by atoms with Gasteiger partial charge in [-0.05, 0) is 50.0 Å². The molecule has 3 aromatic heterocycles. The lowest BCUT2D eigenvalue weighted by Gasteiger charge is -2.39. The van der Waals surface area contributed by atoms with E-state index in [1.807, 2.05) is 25.1 Å². The quantitative estimate of drug-likeness (QED) is 0.418. The minimum absolute atomic E-state index is 0.255. The van der Waals surface area contributed by atoms with Crippen LogP contribution in [0.25, 0.3) is 22.3 Å². The maximum Gasteiger partial charge on any atom is 0.207 e. The fourth-order valence-corrected chi connectivity index (χ4v) is 6.93. The topological polar surface area (TPSA) is 83.1 Å². The highest BCUT2D eigenvalue weighted by Crippen LogP contribution is 2.42. The van der Waals surface area contributed by atoms with Crippen molar-refractivity contribution in [2.75, 3.05) is 37.0 Å². The number of morpholine rings is 1. The second kappa shape index (κ2) is 10.3. The van der Waals surface area contributed by atoms with Crippen LogP contribution in [-0.2, 0) is 11.3 Å². The Morgan fingerprint density at radius 3 is 2.68 bits per heavy atom. The molecule has 0 radical (unpaired) electrons. The van der Waals surface area contributed by atoms with Crippen molar-refractivity contribution in [2.24, 2.45) is 11.8 Å². The summed E-state index contributed by atoms with van der Waals surface area (Å²) in [6.45, 7) is 4.77. The van der Waals surface area contributed by atoms with Gasteiger partial charge in [-0.3, -0.25) is 4.98 Å². The summed E-state index contributed by atoms with van der Waals surface area (Å²) in [7, 11) is 3.92. The smallest absolute Gasteiger partial charge is 0.207 e. The Morgan fingerprint density at radius 1 is 1.13 bits per heavy atom. The van der Waals surface area contributed by atoms with Crippen LogP contribution in [0.3, 0.4) is 0 Å². The van der Waals surface area contributed by atoms with Crippen LogP contribution in [0, 0.1) is 23.2 Å². The summed E-state index contributed by atoms with van der Waals surface area (Å²) in [5, 5.41) is 10.7. The monoisotopic (exact) mass is 533 g/mol. The highest BCUT2D eigenvalue weighted by atomic mass is 35.5. The summed E-state index contributed by atoms with van der Waals surface area (Å²) in [5.74, 6) is 2.35. The fourth-order valence-electron chi connectivity index (χ4n) is 6.76. The SMILES string of the molecule is CN(C)c1c(C#N)nc(-c2cncc(Cl)c2)c2c1nc(N1CCO[C@@H]3CCC[C@H]31)n2C[C@H]1CC[C@H](C)CC1. The Kier molecular flexibility index (Phi) is 6.92. The van der Waals surface area contributed by atoms with E-state index in [0.29, 0.717) is 29.3 Å². The molecule has 9 heteroatoms. The number of fused-ring (bicyclic) bond motifs is 2. The average molecular weight is 534 g/mol. The van der Waals surface area contributed by atoms with Crippen LogP contribution in [0.15, 0.2) is 18.5 Å². The van der Waals surface area contributed by atoms with E-state index >= 15 is 0 Å². The van der Waals surface area contributed by atoms with Gasteiger partial charge < -0.3 is 19.1 Å². The molecule has 3 aliphatic rings. The number of hydrogen-bond donors (Lipinski definition) is 0. The lowest BCUT2D eigenvalue weighted by atomic mass is 9.83. The lowest BCUT2D eigenvalue weighted by molar-refractivity contribution is 0.0247. The molecule has 0 aromatic carbocycles. The second-order valence-electron chi connectivity index (χ2n) is 11.5. The zero-order chi connectivity index (χ0) is 26.4. The van der Waals surface area contributed by atoms with Crippen molar-refractivity contribution >= 4 is 34.3 Å². The minimum atomic E-state index is 0.255. The normalized spacial score (nSPS) is 25.4. The minimum Gasteiger partial charge on any atom is -0.374 e. The van der Waals surface area contributed by atoms with E-state index < -0.39 is 0 Å². The molecule has 2 saturated carbocycles. The maximum atomic E-state index is 10.1. The largest absolute Gasteiger partial charge is 0.374 e. The van der Waals surface area contributed by atoms with E-state index in [0.717, 1.165) is 65.8 Å². The molecular formula is C29H36ClN7O. The molecular weight excluding hydrogens is 498 g/mol. The van der Waals surface area contributed by atoms with Gasteiger partial charge in [0, 0.05) is 45.1 Å². The first kappa shape index (κ1) is 25.4. The standard InChI is InChI=1S/C29H36ClN7O/c1-18-7-9-19(10-8-18)17-37-28-25(20-13-21(30)16-32-15-20)33-22(14-31)27(35(2)3)26(28)34-29(37)36-11-12-38-24-6-4-5-23(24)36/h13,15-16,18-19,23-24H,4-12,17H2,1-3H3/t18-,19-,23-,24-/m1/s1. The number of rotatable bonds is 5. The number of halogens is 1. The number of nitrogens with zero attached hydrogens (tertiary/aromatic N) is 7. The number of anilines is 2. The van der Waals surface area contributed by atoms with Gasteiger partial charge in [-0.25, -0.2) is 9.97 Å². The van der Waals surface area contributed by atoms with Crippen molar-refractivity contribution in [3.05, 3.63) is 29.2 Å². The van der Waals surface area contributed by atoms with Gasteiger partial charge in [0.25, 0.3) is 0 Å². The molecule has 0 amide bonds. The average Bonchev–Trinajstić information content (AvgIpc) is 3.54. The number of pyridine rings is 2. The number of nitriles is 1. The molecule has 2 atom stereocenters. The van der Waals surface area contributed by atoms with E-state index in [2.05, 4.69) is 27.4 Å². The Hall–Kier alpha value is -2.89. The van der Waals surface area contributed by atoms with E-state index in [-0.39, 0.29) is 6.10 Å². The zero-order valence-corrected chi connectivity index (χ0v) is 23.3. The van der Waals surface area contributed by atoms with E-state index in [4.69, 9.17) is 26.3 Å². The lowest BCUT2D eigenvalue weighted by Crippen LogP contribution is -2.49. The van der Waals surface area contributed by atoms with Crippen LogP contribution in [-0.4, -0.2) is 58.9 Å². The first-order valence-electron chi connectivity index (χ1n) is 14.0. The summed E-state index contributed by atoms with van der Waals surface area (Å²) in [6, 6.07) is 4.55. The Morgan fingerprint density at radius 2 is 1.95 bits per heavy atom. The van der Waals surface area contributed by atoms with Crippen molar-refractivity contribution in [3.8, 4) is 17.3 Å². The van der Waals surface area contributed by atoms with E-state index in [9.17, 15) is 5.26 Å². The number of imidazole rings is 1. The third kappa shape index (κ3) is 4.50. The molecule has 38 heavy (non-hydrogen) atoms. The molecule has 1 saturated heterocycles. The summed E-state index contributed by atoms with van der Waals surface area (Å²) in [4.78, 5) is 19.1. The van der Waals surface area contributed by atoms with Gasteiger partial charge in [0.05, 0.1) is 35.0 Å². The zero-order valence-electron chi connectivity index (χ0n) is 22.5. The highest BCUT2D eigenvalue weighted by Gasteiger charge is 2.39. The second-order valence-corrected chi connectivity index (χ2v) is 11.9. The number of ether oxygens (including phenoxy) is 1. The fraction of sp³-hybridized carbons (Fsp3) is 0.586. The van der Waals surface area contributed by atoms with Crippen LogP contribution in [0.4, 0.5) is 11.6 Å². The van der Waals surface area contributed by atoms with Crippen molar-refractivity contribution in [1.29, 1.82) is 5.26 Å². The Labute approximate surface area is 229 Å². The van der Waals surface area contributed by atoms with Crippen molar-refractivity contribution < 1.29 is 4.74 Å². The molecule has 2 aliphatic carbocycles. The molecule has 0 N–H and O–H groups in total. The van der Waals surface area contributed by atoms with Gasteiger partial charge in [-0.2, -0.15) is 5.26 Å². The van der Waals surface area contributed by atoms with Crippen molar-refractivity contribution in [3.63, 3.8) is 0 Å². The molecule has 3 aromatic rings. The molecule has 3 fully saturated rings. The Bertz CT molecular complexity index is 1370. The summed E-state index contributed by atoms with van der Waals surface area (Å²) in [5.41, 5.74) is 4.42. The van der Waals surface area contributed by atoms with Crippen LogP contribution in [0.5, 0.6) is 0 Å². The van der Waals surface area contributed by atoms with Gasteiger partial charge in [0.15, 0.2) is 5.69 Å². The van der Waals surface area contributed by atoms with Crippen LogP contribution < -0.4 is 9.80 Å². The highest BCUT2D eigenvalue weighted by molar-refractivity contribution is 6.30. The number of aromatic nitrogens is 4. The maximum absolute atomic E-state index is 10.1. The van der Waals surface area contributed by atoms with Crippen molar-refractivity contribution in [2.45, 2.75) is 70.6 Å². The molecule has 0 spiro atoms. The predicted molar refractivity (Wildman–Crippen MR) is 151 cm³/mol. The summed E-state index contributed by atoms with van der Waals surface area (Å²) >= 11 is 6.39. The third-order valence-corrected chi connectivity index (χ3v) is 8.90. The van der Waals surface area contributed by atoms with Gasteiger partial charge in [0.2, 0.25) is 5.95 Å².